The maximum Gasteiger partial charge on any atom is 0.230 e. The Bertz CT molecular complexity index is 3080. The van der Waals surface area contributed by atoms with Crippen LogP contribution in [0.3, 0.4) is 0 Å². The van der Waals surface area contributed by atoms with Crippen LogP contribution < -0.4 is 29.6 Å². The SMILES string of the molecule is Cc1c(COc2cc(OCc3cccc(C#N)c3)c(CNC(CO)(CO)CO)cc2Cl)cccc1-c1cccc2c(Oc3cc(OCc4cccc(C#N)c4)c(CNC(CO)(CO)CO)cc3Cl)ncnc12. The van der Waals surface area contributed by atoms with Crippen LogP contribution in [0.2, 0.25) is 10.0 Å². The first kappa shape index (κ1) is 52.9. The van der Waals surface area contributed by atoms with Gasteiger partial charge in [-0.25, -0.2) is 9.97 Å². The number of nitrogens with zero attached hydrogens (tertiary/aromatic N) is 4. The van der Waals surface area contributed by atoms with Crippen LogP contribution in [0.5, 0.6) is 28.9 Å². The molecule has 0 aliphatic carbocycles. The van der Waals surface area contributed by atoms with E-state index in [1.807, 2.05) is 55.5 Å². The average molecular weight is 1020 g/mol. The smallest absolute Gasteiger partial charge is 0.230 e. The molecule has 0 fully saturated rings. The highest BCUT2D eigenvalue weighted by Crippen LogP contribution is 2.40. The van der Waals surface area contributed by atoms with Gasteiger partial charge in [0.05, 0.1) is 94.9 Å². The Morgan fingerprint density at radius 1 is 0.542 bits per heavy atom. The summed E-state index contributed by atoms with van der Waals surface area (Å²) >= 11 is 13.7. The van der Waals surface area contributed by atoms with Crippen molar-refractivity contribution in [3.63, 3.8) is 0 Å². The van der Waals surface area contributed by atoms with Crippen molar-refractivity contribution in [3.8, 4) is 52.1 Å². The number of nitriles is 2. The highest BCUT2D eigenvalue weighted by molar-refractivity contribution is 6.32. The average Bonchev–Trinajstić information content (AvgIpc) is 3.42. The van der Waals surface area contributed by atoms with Crippen LogP contribution in [0, 0.1) is 29.6 Å². The van der Waals surface area contributed by atoms with E-state index in [1.165, 1.54) is 6.33 Å². The maximum absolute atomic E-state index is 9.96. The molecule has 0 atom stereocenters. The molecule has 7 rings (SSSR count). The van der Waals surface area contributed by atoms with Gasteiger partial charge in [-0.1, -0.05) is 77.8 Å². The van der Waals surface area contributed by atoms with Gasteiger partial charge in [-0.05, 0) is 77.2 Å². The Balaban J connectivity index is 1.16. The van der Waals surface area contributed by atoms with Gasteiger partial charge in [0, 0.05) is 41.9 Å². The minimum Gasteiger partial charge on any atom is -0.488 e. The zero-order valence-corrected chi connectivity index (χ0v) is 40.6. The predicted molar refractivity (Wildman–Crippen MR) is 270 cm³/mol. The molecule has 8 N–H and O–H groups in total. The van der Waals surface area contributed by atoms with Gasteiger partial charge >= 0.3 is 0 Å². The Morgan fingerprint density at radius 3 is 1.57 bits per heavy atom. The quantitative estimate of drug-likeness (QED) is 0.0310. The van der Waals surface area contributed by atoms with Crippen LogP contribution in [0.4, 0.5) is 0 Å². The Morgan fingerprint density at radius 2 is 1.03 bits per heavy atom. The van der Waals surface area contributed by atoms with E-state index in [2.05, 4.69) is 32.7 Å². The summed E-state index contributed by atoms with van der Waals surface area (Å²) in [5.41, 5.74) is 4.75. The normalized spacial score (nSPS) is 11.5. The third-order valence-electron chi connectivity index (χ3n) is 12.2. The first-order chi connectivity index (χ1) is 34.9. The van der Waals surface area contributed by atoms with Crippen molar-refractivity contribution in [1.29, 1.82) is 10.5 Å². The number of fused-ring (bicyclic) bond motifs is 1. The van der Waals surface area contributed by atoms with Crippen LogP contribution >= 0.6 is 23.2 Å². The van der Waals surface area contributed by atoms with Gasteiger partial charge in [0.15, 0.2) is 5.75 Å². The number of rotatable bonds is 24. The third-order valence-corrected chi connectivity index (χ3v) is 12.8. The zero-order chi connectivity index (χ0) is 51.3. The third kappa shape index (κ3) is 12.4. The van der Waals surface area contributed by atoms with Gasteiger partial charge < -0.3 is 60.2 Å². The van der Waals surface area contributed by atoms with E-state index in [1.54, 1.807) is 60.7 Å². The fourth-order valence-corrected chi connectivity index (χ4v) is 8.09. The zero-order valence-electron chi connectivity index (χ0n) is 39.1. The van der Waals surface area contributed by atoms with Gasteiger partial charge in [0.2, 0.25) is 5.88 Å². The topological polar surface area (TPSA) is 256 Å². The minimum absolute atomic E-state index is 0.0380. The lowest BCUT2D eigenvalue weighted by molar-refractivity contribution is 0.0409. The fourth-order valence-electron chi connectivity index (χ4n) is 7.62. The highest BCUT2D eigenvalue weighted by atomic mass is 35.5. The summed E-state index contributed by atoms with van der Waals surface area (Å²) in [4.78, 5) is 9.18. The Kier molecular flexibility index (Phi) is 18.0. The minimum atomic E-state index is -1.38. The second kappa shape index (κ2) is 24.5. The number of nitrogens with one attached hydrogen (secondary N) is 2. The molecule has 1 aromatic heterocycles. The lowest BCUT2D eigenvalue weighted by Gasteiger charge is -2.29. The number of para-hydroxylation sites is 1. The molecule has 72 heavy (non-hydrogen) atoms. The van der Waals surface area contributed by atoms with Crippen LogP contribution in [-0.2, 0) is 32.9 Å². The molecular formula is C54H52Cl2N6O10. The summed E-state index contributed by atoms with van der Waals surface area (Å²) in [6.45, 7) is -0.822. The molecule has 16 nitrogen and oxygen atoms in total. The lowest BCUT2D eigenvalue weighted by Crippen LogP contribution is -2.54. The molecule has 7 aromatic rings. The first-order valence-electron chi connectivity index (χ1n) is 22.6. The number of aliphatic hydroxyl groups is 6. The van der Waals surface area contributed by atoms with E-state index in [9.17, 15) is 41.2 Å². The molecule has 0 radical (unpaired) electrons. The second-order valence-electron chi connectivity index (χ2n) is 17.1. The standard InChI is InChI=1S/C54H52Cl2N6O10/c1-34-39(26-71-49-18-47(69-24-37-8-2-6-35(14-37)20-57)40(16-45(49)55)22-61-53(27-63,28-64)29-65)10-4-11-42(34)43-12-5-13-44-51(43)59-33-60-52(44)72-50-19-48(70-25-38-9-3-7-36(15-38)21-58)41(17-46(50)56)23-62-54(30-66,31-67)32-68/h2-19,33,61-68H,22-32H2,1H3. The van der Waals surface area contributed by atoms with Gasteiger partial charge in [0.25, 0.3) is 0 Å². The number of halogens is 2. The summed E-state index contributed by atoms with van der Waals surface area (Å²) < 4.78 is 25.4. The van der Waals surface area contributed by atoms with Crippen LogP contribution in [0.25, 0.3) is 22.0 Å². The molecular weight excluding hydrogens is 964 g/mol. The maximum atomic E-state index is 9.96. The number of ether oxygens (including phenoxy) is 4. The molecule has 0 aliphatic rings. The molecule has 18 heteroatoms. The molecule has 0 bridgehead atoms. The molecule has 6 aromatic carbocycles. The van der Waals surface area contributed by atoms with Crippen molar-refractivity contribution in [2.24, 2.45) is 0 Å². The highest BCUT2D eigenvalue weighted by Gasteiger charge is 2.29. The first-order valence-corrected chi connectivity index (χ1v) is 23.4. The van der Waals surface area contributed by atoms with E-state index in [0.29, 0.717) is 50.4 Å². The Hall–Kier alpha value is -6.90. The second-order valence-corrected chi connectivity index (χ2v) is 17.9. The van der Waals surface area contributed by atoms with Gasteiger partial charge in [0.1, 0.15) is 43.4 Å². The lowest BCUT2D eigenvalue weighted by atomic mass is 9.95. The Labute approximate surface area is 425 Å². The molecule has 0 saturated carbocycles. The van der Waals surface area contributed by atoms with Crippen LogP contribution in [0.15, 0.2) is 116 Å². The van der Waals surface area contributed by atoms with E-state index < -0.39 is 50.7 Å². The van der Waals surface area contributed by atoms with Crippen LogP contribution in [-0.4, -0.2) is 91.3 Å². The summed E-state index contributed by atoms with van der Waals surface area (Å²) in [6, 6.07) is 36.2. The van der Waals surface area contributed by atoms with E-state index in [-0.39, 0.29) is 54.6 Å². The van der Waals surface area contributed by atoms with E-state index >= 15 is 0 Å². The molecule has 0 saturated heterocycles. The van der Waals surface area contributed by atoms with Crippen molar-refractivity contribution in [1.82, 2.24) is 20.6 Å². The summed E-state index contributed by atoms with van der Waals surface area (Å²) in [5, 5.41) is 85.6. The van der Waals surface area contributed by atoms with Crippen LogP contribution in [0.1, 0.15) is 44.5 Å². The number of hydrogen-bond acceptors (Lipinski definition) is 16. The monoisotopic (exact) mass is 1010 g/mol. The van der Waals surface area contributed by atoms with Crippen molar-refractivity contribution >= 4 is 34.1 Å². The van der Waals surface area contributed by atoms with Gasteiger partial charge in [-0.2, -0.15) is 10.5 Å². The predicted octanol–water partition coefficient (Wildman–Crippen LogP) is 6.80. The van der Waals surface area contributed by atoms with Crippen molar-refractivity contribution in [2.45, 2.75) is 50.9 Å². The number of aromatic nitrogens is 2. The molecule has 0 aliphatic heterocycles. The molecule has 372 valence electrons. The molecule has 0 unspecified atom stereocenters. The largest absolute Gasteiger partial charge is 0.488 e. The summed E-state index contributed by atoms with van der Waals surface area (Å²) in [5.74, 6) is 1.46. The molecule has 0 amide bonds. The molecule has 1 heterocycles. The fraction of sp³-hybridized carbons (Fsp3) is 0.259. The summed E-state index contributed by atoms with van der Waals surface area (Å²) in [7, 11) is 0. The number of benzene rings is 6. The van der Waals surface area contributed by atoms with E-state index in [4.69, 9.17) is 42.1 Å². The van der Waals surface area contributed by atoms with Gasteiger partial charge in [-0.3, -0.25) is 0 Å². The van der Waals surface area contributed by atoms with Crippen molar-refractivity contribution in [3.05, 3.63) is 170 Å². The van der Waals surface area contributed by atoms with Crippen molar-refractivity contribution in [2.75, 3.05) is 39.6 Å². The summed E-state index contributed by atoms with van der Waals surface area (Å²) in [6.07, 6.45) is 1.39. The molecule has 0 spiro atoms. The number of aliphatic hydroxyl groups excluding tert-OH is 6. The number of hydrogen-bond donors (Lipinski definition) is 8. The van der Waals surface area contributed by atoms with E-state index in [0.717, 1.165) is 33.4 Å². The van der Waals surface area contributed by atoms with Crippen molar-refractivity contribution < 1.29 is 49.6 Å². The van der Waals surface area contributed by atoms with Gasteiger partial charge in [-0.15, -0.1) is 0 Å².